The van der Waals surface area contributed by atoms with Crippen molar-refractivity contribution in [2.24, 2.45) is 5.92 Å². The van der Waals surface area contributed by atoms with Gasteiger partial charge in [0.05, 0.1) is 36.3 Å². The van der Waals surface area contributed by atoms with E-state index in [1.54, 1.807) is 19.2 Å². The summed E-state index contributed by atoms with van der Waals surface area (Å²) in [6.07, 6.45) is 3.65. The number of hydrogen-bond acceptors (Lipinski definition) is 5. The average molecular weight is 406 g/mol. The highest BCUT2D eigenvalue weighted by Gasteiger charge is 2.60. The highest BCUT2D eigenvalue weighted by atomic mass is 19.1. The number of ether oxygens (including phenoxy) is 1. The third-order valence-electron chi connectivity index (χ3n) is 5.56. The summed E-state index contributed by atoms with van der Waals surface area (Å²) in [5, 5.41) is 2.87. The highest BCUT2D eigenvalue weighted by molar-refractivity contribution is 5.96. The summed E-state index contributed by atoms with van der Waals surface area (Å²) < 4.78 is 19.5. The van der Waals surface area contributed by atoms with Gasteiger partial charge in [-0.3, -0.25) is 4.79 Å². The zero-order valence-electron chi connectivity index (χ0n) is 17.1. The van der Waals surface area contributed by atoms with Crippen LogP contribution in [0.2, 0.25) is 0 Å². The molecular formula is C23H23FN4O2. The first-order valence-corrected chi connectivity index (χ1v) is 9.80. The highest BCUT2D eigenvalue weighted by Crippen LogP contribution is 2.55. The lowest BCUT2D eigenvalue weighted by molar-refractivity contribution is -0.117. The van der Waals surface area contributed by atoms with E-state index >= 15 is 0 Å². The van der Waals surface area contributed by atoms with Crippen molar-refractivity contribution < 1.29 is 13.9 Å². The third-order valence-corrected chi connectivity index (χ3v) is 5.56. The SMILES string of the molecule is Cc1ncc(OC[C@@]2(c3ccccc3)C[C@H]2C(=O)Nc2cnc(F)c(C)c2)c(C)n1. The molecule has 2 atom stereocenters. The number of carbonyl (C=O) groups is 1. The maximum atomic E-state index is 13.4. The number of nitrogens with one attached hydrogen (secondary N) is 1. The predicted molar refractivity (Wildman–Crippen MR) is 111 cm³/mol. The molecule has 2 aromatic heterocycles. The van der Waals surface area contributed by atoms with E-state index in [1.165, 1.54) is 6.20 Å². The quantitative estimate of drug-likeness (QED) is 0.628. The van der Waals surface area contributed by atoms with Crippen LogP contribution in [0.4, 0.5) is 10.1 Å². The lowest BCUT2D eigenvalue weighted by Crippen LogP contribution is -2.26. The first-order valence-electron chi connectivity index (χ1n) is 9.80. The van der Waals surface area contributed by atoms with Crippen LogP contribution in [0.3, 0.4) is 0 Å². The zero-order chi connectivity index (χ0) is 21.3. The number of pyridine rings is 1. The Balaban J connectivity index is 1.54. The Morgan fingerprint density at radius 2 is 1.97 bits per heavy atom. The third kappa shape index (κ3) is 3.87. The van der Waals surface area contributed by atoms with Crippen molar-refractivity contribution in [2.75, 3.05) is 11.9 Å². The molecule has 4 rings (SSSR count). The van der Waals surface area contributed by atoms with E-state index < -0.39 is 11.4 Å². The molecule has 0 spiro atoms. The molecule has 0 bridgehead atoms. The number of hydrogen-bond donors (Lipinski definition) is 1. The molecule has 6 nitrogen and oxygen atoms in total. The van der Waals surface area contributed by atoms with Crippen molar-refractivity contribution in [2.45, 2.75) is 32.6 Å². The normalized spacial score (nSPS) is 19.9. The van der Waals surface area contributed by atoms with Gasteiger partial charge in [-0.1, -0.05) is 30.3 Å². The Bertz CT molecular complexity index is 1090. The number of benzene rings is 1. The smallest absolute Gasteiger partial charge is 0.228 e. The molecule has 1 saturated carbocycles. The number of halogens is 1. The van der Waals surface area contributed by atoms with Crippen LogP contribution in [0.15, 0.2) is 48.8 Å². The maximum Gasteiger partial charge on any atom is 0.228 e. The fourth-order valence-electron chi connectivity index (χ4n) is 3.76. The second kappa shape index (κ2) is 7.82. The van der Waals surface area contributed by atoms with Gasteiger partial charge in [0.2, 0.25) is 11.9 Å². The average Bonchev–Trinajstić information content (AvgIpc) is 3.47. The Morgan fingerprint density at radius 1 is 1.20 bits per heavy atom. The fourth-order valence-corrected chi connectivity index (χ4v) is 3.76. The molecule has 1 amide bonds. The molecule has 0 aliphatic heterocycles. The molecule has 154 valence electrons. The molecule has 1 fully saturated rings. The molecule has 0 saturated heterocycles. The first-order chi connectivity index (χ1) is 14.4. The summed E-state index contributed by atoms with van der Waals surface area (Å²) in [5.41, 5.74) is 2.24. The molecule has 2 heterocycles. The van der Waals surface area contributed by atoms with Crippen molar-refractivity contribution in [3.05, 3.63) is 77.4 Å². The number of aryl methyl sites for hydroxylation is 3. The summed E-state index contributed by atoms with van der Waals surface area (Å²) in [6.45, 7) is 5.65. The maximum absolute atomic E-state index is 13.4. The van der Waals surface area contributed by atoms with Gasteiger partial charge in [-0.2, -0.15) is 4.39 Å². The Morgan fingerprint density at radius 3 is 2.67 bits per heavy atom. The minimum Gasteiger partial charge on any atom is -0.489 e. The van der Waals surface area contributed by atoms with E-state index in [9.17, 15) is 9.18 Å². The predicted octanol–water partition coefficient (Wildman–Crippen LogP) is 3.91. The van der Waals surface area contributed by atoms with E-state index in [4.69, 9.17) is 4.74 Å². The van der Waals surface area contributed by atoms with Gasteiger partial charge in [0.25, 0.3) is 0 Å². The summed E-state index contributed by atoms with van der Waals surface area (Å²) >= 11 is 0. The van der Waals surface area contributed by atoms with Crippen LogP contribution in [-0.4, -0.2) is 27.5 Å². The molecular weight excluding hydrogens is 383 g/mol. The number of nitrogens with zero attached hydrogens (tertiary/aromatic N) is 3. The molecule has 1 N–H and O–H groups in total. The number of rotatable bonds is 6. The van der Waals surface area contributed by atoms with Gasteiger partial charge >= 0.3 is 0 Å². The number of aromatic nitrogens is 3. The van der Waals surface area contributed by atoms with Crippen LogP contribution in [0.25, 0.3) is 0 Å². The van der Waals surface area contributed by atoms with E-state index in [1.807, 2.05) is 44.2 Å². The first kappa shape index (κ1) is 19.9. The number of anilines is 1. The van der Waals surface area contributed by atoms with Gasteiger partial charge in [0.1, 0.15) is 5.82 Å². The van der Waals surface area contributed by atoms with Gasteiger partial charge < -0.3 is 10.1 Å². The van der Waals surface area contributed by atoms with E-state index in [-0.39, 0.29) is 11.8 Å². The second-order valence-corrected chi connectivity index (χ2v) is 7.76. The Labute approximate surface area is 174 Å². The molecule has 3 aromatic rings. The number of amides is 1. The van der Waals surface area contributed by atoms with Crippen molar-refractivity contribution in [3.63, 3.8) is 0 Å². The minimum absolute atomic E-state index is 0.132. The zero-order valence-corrected chi connectivity index (χ0v) is 17.1. The molecule has 1 aliphatic rings. The van der Waals surface area contributed by atoms with Gasteiger partial charge in [-0.05, 0) is 38.8 Å². The fraction of sp³-hybridized carbons (Fsp3) is 0.304. The van der Waals surface area contributed by atoms with Gasteiger partial charge in [-0.25, -0.2) is 15.0 Å². The monoisotopic (exact) mass is 406 g/mol. The van der Waals surface area contributed by atoms with Gasteiger partial charge in [0, 0.05) is 11.0 Å². The van der Waals surface area contributed by atoms with Crippen molar-refractivity contribution in [1.82, 2.24) is 15.0 Å². The summed E-state index contributed by atoms with van der Waals surface area (Å²) in [4.78, 5) is 25.2. The molecule has 7 heteroatoms. The molecule has 1 aliphatic carbocycles. The molecule has 0 radical (unpaired) electrons. The van der Waals surface area contributed by atoms with Crippen LogP contribution in [0.5, 0.6) is 5.75 Å². The second-order valence-electron chi connectivity index (χ2n) is 7.76. The van der Waals surface area contributed by atoms with E-state index in [2.05, 4.69) is 20.3 Å². The largest absolute Gasteiger partial charge is 0.489 e. The topological polar surface area (TPSA) is 77.0 Å². The van der Waals surface area contributed by atoms with Gasteiger partial charge in [0.15, 0.2) is 5.75 Å². The lowest BCUT2D eigenvalue weighted by Gasteiger charge is -2.19. The van der Waals surface area contributed by atoms with Crippen molar-refractivity contribution in [1.29, 1.82) is 0 Å². The minimum atomic E-state index is -0.540. The lowest BCUT2D eigenvalue weighted by atomic mass is 9.93. The van der Waals surface area contributed by atoms with Crippen molar-refractivity contribution in [3.8, 4) is 5.75 Å². The molecule has 30 heavy (non-hydrogen) atoms. The molecule has 1 aromatic carbocycles. The van der Waals surface area contributed by atoms with Crippen LogP contribution in [0, 0.1) is 32.6 Å². The summed E-state index contributed by atoms with van der Waals surface area (Å²) in [5.74, 6) is 0.357. The van der Waals surface area contributed by atoms with Crippen LogP contribution in [-0.2, 0) is 10.2 Å². The summed E-state index contributed by atoms with van der Waals surface area (Å²) in [7, 11) is 0. The summed E-state index contributed by atoms with van der Waals surface area (Å²) in [6, 6.07) is 11.5. The number of carbonyl (C=O) groups excluding carboxylic acids is 1. The Hall–Kier alpha value is -3.35. The van der Waals surface area contributed by atoms with Gasteiger partial charge in [-0.15, -0.1) is 0 Å². The van der Waals surface area contributed by atoms with Crippen molar-refractivity contribution >= 4 is 11.6 Å². The standard InChI is InChI=1S/C23H23FN4O2/c1-14-9-18(11-26-21(14)24)28-22(29)19-10-23(19,17-7-5-4-6-8-17)13-30-20-12-25-16(3)27-15(20)2/h4-9,11-12,19H,10,13H2,1-3H3,(H,28,29)/t19-,23+/m0/s1. The Kier molecular flexibility index (Phi) is 5.20. The van der Waals surface area contributed by atoms with Crippen LogP contribution >= 0.6 is 0 Å². The van der Waals surface area contributed by atoms with Crippen LogP contribution in [0.1, 0.15) is 29.1 Å². The van der Waals surface area contributed by atoms with E-state index in [0.717, 1.165) is 11.3 Å². The van der Waals surface area contributed by atoms with E-state index in [0.29, 0.717) is 35.9 Å². The molecule has 0 unspecified atom stereocenters. The van der Waals surface area contributed by atoms with Crippen LogP contribution < -0.4 is 10.1 Å².